The van der Waals surface area contributed by atoms with Gasteiger partial charge >= 0.3 is 0 Å². The zero-order valence-corrected chi connectivity index (χ0v) is 18.6. The average Bonchev–Trinajstić information content (AvgIpc) is 2.73. The van der Waals surface area contributed by atoms with Crippen LogP contribution in [0.15, 0.2) is 42.5 Å². The van der Waals surface area contributed by atoms with Gasteiger partial charge in [-0.25, -0.2) is 19.4 Å². The van der Waals surface area contributed by atoms with Gasteiger partial charge in [0.25, 0.3) is 0 Å². The largest absolute Gasteiger partial charge is 0.393 e. The second kappa shape index (κ2) is 9.23. The zero-order chi connectivity index (χ0) is 22.8. The molecular weight excluding hydrogens is 411 g/mol. The Hall–Kier alpha value is -3.01. The molecule has 0 radical (unpaired) electrons. The van der Waals surface area contributed by atoms with Crippen LogP contribution < -0.4 is 5.32 Å². The summed E-state index contributed by atoms with van der Waals surface area (Å²) < 4.78 is 14.8. The van der Waals surface area contributed by atoms with Gasteiger partial charge in [0.15, 0.2) is 5.82 Å². The maximum atomic E-state index is 14.8. The highest BCUT2D eigenvalue weighted by molar-refractivity contribution is 5.67. The SMILES string of the molecule is CC1=C(c2nc(Nc3cc(C)cc(C)c3)ncc2F)N(O)C=CN1CN1CCC(O)CC1. The molecule has 2 aromatic rings. The maximum Gasteiger partial charge on any atom is 0.227 e. The molecule has 0 unspecified atom stereocenters. The first-order valence-corrected chi connectivity index (χ1v) is 10.7. The molecule has 3 heterocycles. The first-order valence-electron chi connectivity index (χ1n) is 10.7. The summed E-state index contributed by atoms with van der Waals surface area (Å²) in [6, 6.07) is 5.98. The van der Waals surface area contributed by atoms with Gasteiger partial charge in [0.05, 0.1) is 19.0 Å². The van der Waals surface area contributed by atoms with Gasteiger partial charge in [0.1, 0.15) is 11.4 Å². The van der Waals surface area contributed by atoms with Gasteiger partial charge in [-0.1, -0.05) is 6.07 Å². The molecule has 1 aromatic heterocycles. The Morgan fingerprint density at radius 3 is 2.47 bits per heavy atom. The lowest BCUT2D eigenvalue weighted by molar-refractivity contribution is 0.0138. The number of hydroxylamine groups is 2. The fraction of sp³-hybridized carbons (Fsp3) is 0.391. The third kappa shape index (κ3) is 4.90. The summed E-state index contributed by atoms with van der Waals surface area (Å²) in [4.78, 5) is 12.6. The summed E-state index contributed by atoms with van der Waals surface area (Å²) in [6.07, 6.45) is 5.54. The average molecular weight is 441 g/mol. The molecular formula is C23H29FN6O2. The van der Waals surface area contributed by atoms with Crippen molar-refractivity contribution in [1.82, 2.24) is 24.8 Å². The zero-order valence-electron chi connectivity index (χ0n) is 18.6. The maximum absolute atomic E-state index is 14.8. The molecule has 1 aromatic carbocycles. The standard InChI is InChI=1S/C23H29FN6O2/c1-15-10-16(2)12-18(11-15)26-23-25-13-20(24)21(27-23)22-17(3)29(8-9-30(22)32)14-28-6-4-19(31)5-7-28/h8-13,19,31-32H,4-7,14H2,1-3H3,(H,25,26,27). The monoisotopic (exact) mass is 440 g/mol. The van der Waals surface area contributed by atoms with Crippen molar-refractivity contribution >= 4 is 17.3 Å². The quantitative estimate of drug-likeness (QED) is 0.651. The number of nitrogens with one attached hydrogen (secondary N) is 1. The normalized spacial score (nSPS) is 17.9. The molecule has 0 spiro atoms. The molecule has 3 N–H and O–H groups in total. The van der Waals surface area contributed by atoms with Crippen LogP contribution in [0.4, 0.5) is 16.0 Å². The van der Waals surface area contributed by atoms with Crippen LogP contribution in [-0.2, 0) is 0 Å². The van der Waals surface area contributed by atoms with E-state index in [-0.39, 0.29) is 23.4 Å². The lowest BCUT2D eigenvalue weighted by Crippen LogP contribution is -2.42. The first-order chi connectivity index (χ1) is 15.3. The van der Waals surface area contributed by atoms with Gasteiger partial charge in [0, 0.05) is 36.9 Å². The van der Waals surface area contributed by atoms with E-state index in [2.05, 4.69) is 26.3 Å². The number of likely N-dealkylation sites (tertiary alicyclic amines) is 1. The van der Waals surface area contributed by atoms with E-state index in [4.69, 9.17) is 0 Å². The predicted molar refractivity (Wildman–Crippen MR) is 120 cm³/mol. The summed E-state index contributed by atoms with van der Waals surface area (Å²) >= 11 is 0. The van der Waals surface area contributed by atoms with Crippen LogP contribution in [0.1, 0.15) is 36.6 Å². The molecule has 0 bridgehead atoms. The molecule has 8 nitrogen and oxygen atoms in total. The molecule has 1 saturated heterocycles. The first kappa shape index (κ1) is 22.2. The molecule has 0 amide bonds. The third-order valence-corrected chi connectivity index (χ3v) is 5.75. The highest BCUT2D eigenvalue weighted by Crippen LogP contribution is 2.30. The summed E-state index contributed by atoms with van der Waals surface area (Å²) in [5.41, 5.74) is 3.92. The molecule has 170 valence electrons. The van der Waals surface area contributed by atoms with Crippen LogP contribution in [0.5, 0.6) is 0 Å². The number of aliphatic hydroxyl groups excluding tert-OH is 1. The lowest BCUT2D eigenvalue weighted by Gasteiger charge is -2.37. The molecule has 2 aliphatic heterocycles. The number of aromatic nitrogens is 2. The van der Waals surface area contributed by atoms with Crippen molar-refractivity contribution in [3.05, 3.63) is 65.1 Å². The summed E-state index contributed by atoms with van der Waals surface area (Å²) in [6.45, 7) is 7.95. The van der Waals surface area contributed by atoms with Crippen molar-refractivity contribution in [3.8, 4) is 0 Å². The van der Waals surface area contributed by atoms with Gasteiger partial charge in [-0.15, -0.1) is 0 Å². The molecule has 0 aliphatic carbocycles. The third-order valence-electron chi connectivity index (χ3n) is 5.75. The van der Waals surface area contributed by atoms with Crippen molar-refractivity contribution in [3.63, 3.8) is 0 Å². The highest BCUT2D eigenvalue weighted by atomic mass is 19.1. The number of allylic oxidation sites excluding steroid dienone is 1. The fourth-order valence-corrected chi connectivity index (χ4v) is 4.11. The van der Waals surface area contributed by atoms with E-state index >= 15 is 0 Å². The number of hydrogen-bond acceptors (Lipinski definition) is 8. The fourth-order valence-electron chi connectivity index (χ4n) is 4.11. The van der Waals surface area contributed by atoms with Crippen molar-refractivity contribution in [2.45, 2.75) is 39.7 Å². The Kier molecular flexibility index (Phi) is 6.40. The van der Waals surface area contributed by atoms with E-state index in [0.717, 1.165) is 54.0 Å². The Morgan fingerprint density at radius 1 is 1.09 bits per heavy atom. The van der Waals surface area contributed by atoms with Crippen LogP contribution in [0, 0.1) is 19.7 Å². The van der Waals surface area contributed by atoms with E-state index in [1.807, 2.05) is 37.8 Å². The smallest absolute Gasteiger partial charge is 0.227 e. The van der Waals surface area contributed by atoms with E-state index in [0.29, 0.717) is 12.4 Å². The van der Waals surface area contributed by atoms with Crippen LogP contribution in [0.25, 0.3) is 5.70 Å². The Balaban J connectivity index is 1.60. The van der Waals surface area contributed by atoms with Gasteiger partial charge in [-0.2, -0.15) is 0 Å². The van der Waals surface area contributed by atoms with E-state index in [9.17, 15) is 14.7 Å². The number of piperidine rings is 1. The minimum absolute atomic E-state index is 0.00953. The Bertz CT molecular complexity index is 1030. The second-order valence-electron chi connectivity index (χ2n) is 8.43. The van der Waals surface area contributed by atoms with E-state index in [1.165, 1.54) is 6.20 Å². The molecule has 2 aliphatic rings. The van der Waals surface area contributed by atoms with Gasteiger partial charge in [-0.3, -0.25) is 10.1 Å². The topological polar surface area (TPSA) is 88.0 Å². The Morgan fingerprint density at radius 2 is 1.78 bits per heavy atom. The number of halogens is 1. The van der Waals surface area contributed by atoms with Gasteiger partial charge < -0.3 is 15.3 Å². The molecule has 9 heteroatoms. The van der Waals surface area contributed by atoms with Gasteiger partial charge in [-0.05, 0) is 56.9 Å². The minimum Gasteiger partial charge on any atom is -0.393 e. The van der Waals surface area contributed by atoms with Crippen molar-refractivity contribution < 1.29 is 14.7 Å². The van der Waals surface area contributed by atoms with E-state index in [1.54, 1.807) is 6.20 Å². The number of hydrogen-bond donors (Lipinski definition) is 3. The number of nitrogens with zero attached hydrogens (tertiary/aromatic N) is 5. The Labute approximate surface area is 187 Å². The minimum atomic E-state index is -0.624. The number of benzene rings is 1. The van der Waals surface area contributed by atoms with Gasteiger partial charge in [0.2, 0.25) is 5.95 Å². The molecule has 32 heavy (non-hydrogen) atoms. The van der Waals surface area contributed by atoms with Crippen molar-refractivity contribution in [2.24, 2.45) is 0 Å². The number of aryl methyl sites for hydroxylation is 2. The summed E-state index contributed by atoms with van der Waals surface area (Å²) in [7, 11) is 0. The van der Waals surface area contributed by atoms with Crippen LogP contribution in [-0.4, -0.2) is 61.0 Å². The number of rotatable bonds is 5. The number of aliphatic hydroxyl groups is 1. The van der Waals surface area contributed by atoms with Crippen LogP contribution in [0.3, 0.4) is 0 Å². The second-order valence-corrected chi connectivity index (χ2v) is 8.43. The highest BCUT2D eigenvalue weighted by Gasteiger charge is 2.26. The molecule has 4 rings (SSSR count). The lowest BCUT2D eigenvalue weighted by atomic mass is 10.1. The summed E-state index contributed by atoms with van der Waals surface area (Å²) in [5, 5.41) is 24.2. The van der Waals surface area contributed by atoms with Crippen LogP contribution >= 0.6 is 0 Å². The number of anilines is 2. The van der Waals surface area contributed by atoms with Crippen molar-refractivity contribution in [1.29, 1.82) is 0 Å². The van der Waals surface area contributed by atoms with Crippen molar-refractivity contribution in [2.75, 3.05) is 25.1 Å². The van der Waals surface area contributed by atoms with Crippen LogP contribution in [0.2, 0.25) is 0 Å². The molecule has 1 fully saturated rings. The van der Waals surface area contributed by atoms with E-state index < -0.39 is 5.82 Å². The summed E-state index contributed by atoms with van der Waals surface area (Å²) in [5.74, 6) is -0.382. The molecule has 0 atom stereocenters. The molecule has 0 saturated carbocycles. The predicted octanol–water partition coefficient (Wildman–Crippen LogP) is 3.56.